The molecule has 0 spiro atoms. The molecule has 0 unspecified atom stereocenters. The van der Waals surface area contributed by atoms with Crippen LogP contribution in [-0.4, -0.2) is 28.5 Å². The Kier molecular flexibility index (Phi) is 3.50. The third kappa shape index (κ3) is 2.40. The molecule has 0 bridgehead atoms. The van der Waals surface area contributed by atoms with Gasteiger partial charge in [0.2, 0.25) is 0 Å². The fraction of sp³-hybridized carbons (Fsp3) is 0.125. The molecule has 0 atom stereocenters. The largest absolute Gasteiger partial charge is 0.328 e. The van der Waals surface area contributed by atoms with Crippen LogP contribution in [0, 0.1) is 6.92 Å². The van der Waals surface area contributed by atoms with E-state index >= 15 is 0 Å². The lowest BCUT2D eigenvalue weighted by Gasteiger charge is -2.09. The molecule has 3 amide bonds. The number of nitrogens with one attached hydrogen (secondary N) is 1. The summed E-state index contributed by atoms with van der Waals surface area (Å²) in [6.45, 7) is 1.94. The Morgan fingerprint density at radius 1 is 1.23 bits per heavy atom. The van der Waals surface area contributed by atoms with Crippen LogP contribution in [-0.2, 0) is 4.79 Å². The highest BCUT2D eigenvalue weighted by molar-refractivity contribution is 6.31. The molecule has 1 fully saturated rings. The number of hydrogen-bond acceptors (Lipinski definition) is 2. The number of rotatable bonds is 2. The first-order valence-corrected chi connectivity index (χ1v) is 7.10. The number of carbonyl (C=O) groups is 2. The first-order valence-electron chi connectivity index (χ1n) is 6.72. The minimum atomic E-state index is -0.423. The van der Waals surface area contributed by atoms with E-state index in [1.165, 1.54) is 7.05 Å². The summed E-state index contributed by atoms with van der Waals surface area (Å²) in [5.74, 6) is -0.348. The van der Waals surface area contributed by atoms with Crippen LogP contribution in [0.4, 0.5) is 4.79 Å². The Hall–Kier alpha value is -2.53. The summed E-state index contributed by atoms with van der Waals surface area (Å²) in [6, 6.07) is 9.05. The maximum Gasteiger partial charge on any atom is 0.328 e. The summed E-state index contributed by atoms with van der Waals surface area (Å²) in [5, 5.41) is 3.23. The molecule has 1 N–H and O–H groups in total. The van der Waals surface area contributed by atoms with Crippen molar-refractivity contribution >= 4 is 29.6 Å². The number of nitrogens with zero attached hydrogens (tertiary/aromatic N) is 2. The quantitative estimate of drug-likeness (QED) is 0.684. The molecule has 1 aromatic carbocycles. The number of likely N-dealkylation sites (N-methyl/N-ethyl adjacent to an activating group) is 1. The number of hydrogen-bond donors (Lipinski definition) is 1. The molecule has 1 aromatic heterocycles. The number of carbonyl (C=O) groups excluding carboxylic acids is 2. The van der Waals surface area contributed by atoms with Gasteiger partial charge in [-0.2, -0.15) is 0 Å². The number of halogens is 1. The van der Waals surface area contributed by atoms with Crippen molar-refractivity contribution in [2.75, 3.05) is 7.05 Å². The molecule has 1 aliphatic heterocycles. The fourth-order valence-corrected chi connectivity index (χ4v) is 2.42. The van der Waals surface area contributed by atoms with Gasteiger partial charge in [0, 0.05) is 29.6 Å². The minimum absolute atomic E-state index is 0.255. The zero-order chi connectivity index (χ0) is 15.9. The molecule has 5 nitrogen and oxygen atoms in total. The second kappa shape index (κ2) is 5.35. The summed E-state index contributed by atoms with van der Waals surface area (Å²) in [5.41, 5.74) is 2.92. The van der Waals surface area contributed by atoms with Crippen LogP contribution >= 0.6 is 11.6 Å². The number of aryl methyl sites for hydroxylation is 1. The molecule has 0 radical (unpaired) electrons. The molecule has 1 saturated heterocycles. The number of benzene rings is 1. The maximum absolute atomic E-state index is 11.9. The smallest absolute Gasteiger partial charge is 0.317 e. The lowest BCUT2D eigenvalue weighted by Crippen LogP contribution is -2.25. The molecule has 2 aromatic rings. The van der Waals surface area contributed by atoms with Gasteiger partial charge < -0.3 is 9.88 Å². The van der Waals surface area contributed by atoms with E-state index in [1.807, 2.05) is 48.0 Å². The van der Waals surface area contributed by atoms with Gasteiger partial charge in [-0.05, 0) is 42.8 Å². The van der Waals surface area contributed by atoms with Crippen LogP contribution in [0.25, 0.3) is 11.8 Å². The normalized spacial score (nSPS) is 16.5. The lowest BCUT2D eigenvalue weighted by molar-refractivity contribution is -0.121. The van der Waals surface area contributed by atoms with Crippen molar-refractivity contribution in [2.45, 2.75) is 6.92 Å². The predicted molar refractivity (Wildman–Crippen MR) is 84.8 cm³/mol. The van der Waals surface area contributed by atoms with E-state index in [0.717, 1.165) is 21.8 Å². The zero-order valence-electron chi connectivity index (χ0n) is 12.1. The Morgan fingerprint density at radius 2 is 2.00 bits per heavy atom. The second-order valence-corrected chi connectivity index (χ2v) is 5.50. The Labute approximate surface area is 132 Å². The molecular weight excluding hydrogens is 302 g/mol. The fourth-order valence-electron chi connectivity index (χ4n) is 2.25. The zero-order valence-corrected chi connectivity index (χ0v) is 12.9. The van der Waals surface area contributed by atoms with Crippen molar-refractivity contribution in [2.24, 2.45) is 0 Å². The highest BCUT2D eigenvalue weighted by atomic mass is 35.5. The van der Waals surface area contributed by atoms with E-state index in [2.05, 4.69) is 5.32 Å². The molecule has 3 rings (SSSR count). The van der Waals surface area contributed by atoms with Crippen molar-refractivity contribution in [3.8, 4) is 5.69 Å². The molecular formula is C16H14ClN3O2. The van der Waals surface area contributed by atoms with Crippen molar-refractivity contribution < 1.29 is 9.59 Å². The van der Waals surface area contributed by atoms with Crippen LogP contribution in [0.3, 0.4) is 0 Å². The van der Waals surface area contributed by atoms with Crippen molar-refractivity contribution in [3.05, 3.63) is 58.5 Å². The van der Waals surface area contributed by atoms with Gasteiger partial charge in [0.05, 0.1) is 0 Å². The first-order chi connectivity index (χ1) is 10.5. The standard InChI is InChI=1S/C16H14ClN3O2/c1-10-5-6-12(8-13(10)17)20-7-3-4-11(20)9-14-15(21)19(2)16(22)18-14/h3-9H,1-2H3,(H,18,22)/b14-9+. The van der Waals surface area contributed by atoms with Gasteiger partial charge in [0.15, 0.2) is 0 Å². The topological polar surface area (TPSA) is 54.3 Å². The van der Waals surface area contributed by atoms with Crippen molar-refractivity contribution in [1.29, 1.82) is 0 Å². The van der Waals surface area contributed by atoms with E-state index in [9.17, 15) is 9.59 Å². The summed E-state index contributed by atoms with van der Waals surface area (Å²) in [6.07, 6.45) is 3.52. The van der Waals surface area contributed by atoms with E-state index in [0.29, 0.717) is 5.02 Å². The maximum atomic E-state index is 11.9. The SMILES string of the molecule is Cc1ccc(-n2cccc2/C=C2/NC(=O)N(C)C2=O)cc1Cl. The van der Waals surface area contributed by atoms with Gasteiger partial charge in [-0.1, -0.05) is 17.7 Å². The Balaban J connectivity index is 2.01. The van der Waals surface area contributed by atoms with Crippen LogP contribution in [0.2, 0.25) is 5.02 Å². The molecule has 112 valence electrons. The van der Waals surface area contributed by atoms with Crippen LogP contribution in [0.1, 0.15) is 11.3 Å². The molecule has 0 saturated carbocycles. The predicted octanol–water partition coefficient (Wildman–Crippen LogP) is 2.96. The minimum Gasteiger partial charge on any atom is -0.317 e. The van der Waals surface area contributed by atoms with Crippen LogP contribution in [0.15, 0.2) is 42.2 Å². The lowest BCUT2D eigenvalue weighted by atomic mass is 10.2. The number of urea groups is 1. The van der Waals surface area contributed by atoms with Gasteiger partial charge in [-0.25, -0.2) is 4.79 Å². The van der Waals surface area contributed by atoms with Crippen molar-refractivity contribution in [1.82, 2.24) is 14.8 Å². The van der Waals surface area contributed by atoms with Gasteiger partial charge in [0.25, 0.3) is 5.91 Å². The first kappa shape index (κ1) is 14.4. The summed E-state index contributed by atoms with van der Waals surface area (Å²) < 4.78 is 1.90. The number of imide groups is 1. The van der Waals surface area contributed by atoms with Gasteiger partial charge in [-0.3, -0.25) is 9.69 Å². The van der Waals surface area contributed by atoms with E-state index in [4.69, 9.17) is 11.6 Å². The Morgan fingerprint density at radius 3 is 2.64 bits per heavy atom. The summed E-state index contributed by atoms with van der Waals surface area (Å²) in [4.78, 5) is 24.5. The molecule has 6 heteroatoms. The summed E-state index contributed by atoms with van der Waals surface area (Å²) in [7, 11) is 1.44. The van der Waals surface area contributed by atoms with E-state index < -0.39 is 6.03 Å². The average Bonchev–Trinajstić information content (AvgIpc) is 3.04. The molecule has 22 heavy (non-hydrogen) atoms. The molecule has 1 aliphatic rings. The highest BCUT2D eigenvalue weighted by Crippen LogP contribution is 2.22. The van der Waals surface area contributed by atoms with Crippen LogP contribution < -0.4 is 5.32 Å². The molecule has 0 aliphatic carbocycles. The van der Waals surface area contributed by atoms with E-state index in [1.54, 1.807) is 6.08 Å². The van der Waals surface area contributed by atoms with Crippen molar-refractivity contribution in [3.63, 3.8) is 0 Å². The van der Waals surface area contributed by atoms with Gasteiger partial charge >= 0.3 is 6.03 Å². The van der Waals surface area contributed by atoms with Gasteiger partial charge in [0.1, 0.15) is 5.70 Å². The van der Waals surface area contributed by atoms with E-state index in [-0.39, 0.29) is 11.6 Å². The van der Waals surface area contributed by atoms with Crippen LogP contribution in [0.5, 0.6) is 0 Å². The summed E-state index contributed by atoms with van der Waals surface area (Å²) >= 11 is 6.17. The second-order valence-electron chi connectivity index (χ2n) is 5.09. The van der Waals surface area contributed by atoms with Gasteiger partial charge in [-0.15, -0.1) is 0 Å². The number of amides is 3. The average molecular weight is 316 g/mol. The number of aromatic nitrogens is 1. The monoisotopic (exact) mass is 315 g/mol. The Bertz CT molecular complexity index is 807. The third-order valence-corrected chi connectivity index (χ3v) is 3.99. The third-order valence-electron chi connectivity index (χ3n) is 3.59. The molecule has 2 heterocycles. The highest BCUT2D eigenvalue weighted by Gasteiger charge is 2.30.